The monoisotopic (exact) mass is 251 g/mol. The van der Waals surface area contributed by atoms with Crippen LogP contribution in [0.2, 0.25) is 0 Å². The van der Waals surface area contributed by atoms with Crippen LogP contribution in [0.4, 0.5) is 4.39 Å². The van der Waals surface area contributed by atoms with E-state index < -0.39 is 11.9 Å². The molecule has 0 bridgehead atoms. The van der Waals surface area contributed by atoms with Crippen LogP contribution < -0.4 is 0 Å². The molecule has 0 radical (unpaired) electrons. The van der Waals surface area contributed by atoms with Crippen molar-refractivity contribution in [2.75, 3.05) is 6.54 Å². The van der Waals surface area contributed by atoms with E-state index in [4.69, 9.17) is 0 Å². The molecular formula is C14H18FNO2. The quantitative estimate of drug-likeness (QED) is 0.874. The van der Waals surface area contributed by atoms with E-state index in [0.717, 1.165) is 0 Å². The number of nitrogens with zero attached hydrogens (tertiary/aromatic N) is 1. The highest BCUT2D eigenvalue weighted by atomic mass is 19.1. The molecule has 1 aromatic rings. The third-order valence-electron chi connectivity index (χ3n) is 3.42. The molecule has 18 heavy (non-hydrogen) atoms. The number of carbonyl (C=O) groups is 1. The van der Waals surface area contributed by atoms with Gasteiger partial charge in [-0.15, -0.1) is 0 Å². The van der Waals surface area contributed by atoms with Crippen LogP contribution in [0.25, 0.3) is 0 Å². The van der Waals surface area contributed by atoms with E-state index in [9.17, 15) is 14.3 Å². The first-order chi connectivity index (χ1) is 8.49. The Balaban J connectivity index is 2.22. The van der Waals surface area contributed by atoms with Gasteiger partial charge in [0, 0.05) is 18.2 Å². The largest absolute Gasteiger partial charge is 0.391 e. The summed E-state index contributed by atoms with van der Waals surface area (Å²) in [5, 5.41) is 9.70. The Labute approximate surface area is 106 Å². The summed E-state index contributed by atoms with van der Waals surface area (Å²) in [6.07, 6.45) is 0.119. The first-order valence-corrected chi connectivity index (χ1v) is 6.23. The van der Waals surface area contributed by atoms with Crippen molar-refractivity contribution in [3.05, 3.63) is 35.6 Å². The van der Waals surface area contributed by atoms with Crippen LogP contribution in [0.5, 0.6) is 0 Å². The number of rotatable bonds is 2. The molecule has 1 aliphatic heterocycles. The van der Waals surface area contributed by atoms with Gasteiger partial charge in [-0.25, -0.2) is 4.39 Å². The summed E-state index contributed by atoms with van der Waals surface area (Å²) in [7, 11) is 0. The highest BCUT2D eigenvalue weighted by molar-refractivity contribution is 5.94. The van der Waals surface area contributed by atoms with Gasteiger partial charge in [-0.05, 0) is 30.5 Å². The minimum absolute atomic E-state index is 0.0239. The second-order valence-electron chi connectivity index (χ2n) is 5.17. The summed E-state index contributed by atoms with van der Waals surface area (Å²) in [6, 6.07) is 5.71. The SMILES string of the molecule is CC(C)[C@@H]1C[C@@H](O)CN1C(=O)c1cccc(F)c1. The van der Waals surface area contributed by atoms with Crippen molar-refractivity contribution in [2.24, 2.45) is 5.92 Å². The number of hydrogen-bond donors (Lipinski definition) is 1. The van der Waals surface area contributed by atoms with Gasteiger partial charge in [0.1, 0.15) is 5.82 Å². The van der Waals surface area contributed by atoms with Crippen LogP contribution in [0.3, 0.4) is 0 Å². The fourth-order valence-electron chi connectivity index (χ4n) is 2.50. The molecule has 3 nitrogen and oxygen atoms in total. The zero-order valence-corrected chi connectivity index (χ0v) is 10.6. The lowest BCUT2D eigenvalue weighted by atomic mass is 10.0. The average molecular weight is 251 g/mol. The number of β-amino-alcohol motifs (C(OH)–C–C–N with tert-alkyl or cyclic N) is 1. The molecule has 0 aromatic heterocycles. The van der Waals surface area contributed by atoms with Crippen molar-refractivity contribution in [1.82, 2.24) is 4.90 Å². The van der Waals surface area contributed by atoms with E-state index >= 15 is 0 Å². The van der Waals surface area contributed by atoms with Gasteiger partial charge in [0.25, 0.3) is 5.91 Å². The molecule has 1 saturated heterocycles. The second-order valence-corrected chi connectivity index (χ2v) is 5.17. The molecule has 1 fully saturated rings. The Morgan fingerprint density at radius 3 is 2.83 bits per heavy atom. The van der Waals surface area contributed by atoms with Crippen molar-refractivity contribution >= 4 is 5.91 Å². The third-order valence-corrected chi connectivity index (χ3v) is 3.42. The van der Waals surface area contributed by atoms with Crippen LogP contribution in [-0.4, -0.2) is 34.6 Å². The van der Waals surface area contributed by atoms with Crippen molar-refractivity contribution in [3.8, 4) is 0 Å². The van der Waals surface area contributed by atoms with Crippen molar-refractivity contribution < 1.29 is 14.3 Å². The predicted octanol–water partition coefficient (Wildman–Crippen LogP) is 2.06. The van der Waals surface area contributed by atoms with Crippen molar-refractivity contribution in [3.63, 3.8) is 0 Å². The number of amides is 1. The molecule has 0 saturated carbocycles. The predicted molar refractivity (Wildman–Crippen MR) is 66.7 cm³/mol. The lowest BCUT2D eigenvalue weighted by Gasteiger charge is -2.27. The van der Waals surface area contributed by atoms with E-state index in [-0.39, 0.29) is 17.9 Å². The van der Waals surface area contributed by atoms with E-state index in [1.807, 2.05) is 13.8 Å². The molecule has 0 unspecified atom stereocenters. The maximum Gasteiger partial charge on any atom is 0.254 e. The van der Waals surface area contributed by atoms with Gasteiger partial charge in [0.2, 0.25) is 0 Å². The molecule has 98 valence electrons. The van der Waals surface area contributed by atoms with Crippen LogP contribution in [0.15, 0.2) is 24.3 Å². The maximum absolute atomic E-state index is 13.1. The molecule has 2 atom stereocenters. The molecular weight excluding hydrogens is 233 g/mol. The van der Waals surface area contributed by atoms with E-state index in [1.54, 1.807) is 11.0 Å². The Hall–Kier alpha value is -1.42. The maximum atomic E-state index is 13.1. The average Bonchev–Trinajstić information content (AvgIpc) is 2.70. The lowest BCUT2D eigenvalue weighted by Crippen LogP contribution is -2.38. The van der Waals surface area contributed by atoms with Crippen molar-refractivity contribution in [1.29, 1.82) is 0 Å². The van der Waals surface area contributed by atoms with E-state index in [0.29, 0.717) is 18.5 Å². The standard InChI is InChI=1S/C14H18FNO2/c1-9(2)13-7-12(17)8-16(13)14(18)10-4-3-5-11(15)6-10/h3-6,9,12-13,17H,7-8H2,1-2H3/t12-,13+/m1/s1. The molecule has 1 heterocycles. The Kier molecular flexibility index (Phi) is 3.66. The second kappa shape index (κ2) is 5.06. The summed E-state index contributed by atoms with van der Waals surface area (Å²) in [5.41, 5.74) is 0.342. The smallest absolute Gasteiger partial charge is 0.254 e. The zero-order chi connectivity index (χ0) is 13.3. The van der Waals surface area contributed by atoms with Gasteiger partial charge in [-0.2, -0.15) is 0 Å². The Bertz CT molecular complexity index is 447. The highest BCUT2D eigenvalue weighted by Gasteiger charge is 2.36. The summed E-state index contributed by atoms with van der Waals surface area (Å²) < 4.78 is 13.1. The molecule has 0 aliphatic carbocycles. The van der Waals surface area contributed by atoms with Crippen LogP contribution in [0, 0.1) is 11.7 Å². The number of likely N-dealkylation sites (tertiary alicyclic amines) is 1. The Morgan fingerprint density at radius 2 is 2.22 bits per heavy atom. The number of hydrogen-bond acceptors (Lipinski definition) is 2. The molecule has 2 rings (SSSR count). The first kappa shape index (κ1) is 13.0. The lowest BCUT2D eigenvalue weighted by molar-refractivity contribution is 0.0685. The Morgan fingerprint density at radius 1 is 1.50 bits per heavy atom. The van der Waals surface area contributed by atoms with Crippen LogP contribution in [-0.2, 0) is 0 Å². The zero-order valence-electron chi connectivity index (χ0n) is 10.6. The summed E-state index contributed by atoms with van der Waals surface area (Å²) in [4.78, 5) is 14.0. The highest BCUT2D eigenvalue weighted by Crippen LogP contribution is 2.26. The number of aliphatic hydroxyl groups is 1. The fraction of sp³-hybridized carbons (Fsp3) is 0.500. The number of aliphatic hydroxyl groups excluding tert-OH is 1. The van der Waals surface area contributed by atoms with E-state index in [1.165, 1.54) is 18.2 Å². The molecule has 1 aromatic carbocycles. The summed E-state index contributed by atoms with van der Waals surface area (Å²) >= 11 is 0. The van der Waals surface area contributed by atoms with Crippen molar-refractivity contribution in [2.45, 2.75) is 32.4 Å². The number of halogens is 1. The molecule has 1 aliphatic rings. The third kappa shape index (κ3) is 2.53. The topological polar surface area (TPSA) is 40.5 Å². The molecule has 0 spiro atoms. The van der Waals surface area contributed by atoms with Gasteiger partial charge in [0.15, 0.2) is 0 Å². The van der Waals surface area contributed by atoms with Crippen LogP contribution in [0.1, 0.15) is 30.6 Å². The minimum atomic E-state index is -0.477. The van der Waals surface area contributed by atoms with Gasteiger partial charge in [-0.1, -0.05) is 19.9 Å². The first-order valence-electron chi connectivity index (χ1n) is 6.23. The summed E-state index contributed by atoms with van der Waals surface area (Å²) in [6.45, 7) is 4.38. The molecule has 4 heteroatoms. The summed E-state index contributed by atoms with van der Waals surface area (Å²) in [5.74, 6) is -0.342. The fourth-order valence-corrected chi connectivity index (χ4v) is 2.50. The number of carbonyl (C=O) groups excluding carboxylic acids is 1. The van der Waals surface area contributed by atoms with E-state index in [2.05, 4.69) is 0 Å². The minimum Gasteiger partial charge on any atom is -0.391 e. The number of benzene rings is 1. The molecule has 1 N–H and O–H groups in total. The van der Waals surface area contributed by atoms with Gasteiger partial charge >= 0.3 is 0 Å². The van der Waals surface area contributed by atoms with Gasteiger partial charge < -0.3 is 10.0 Å². The van der Waals surface area contributed by atoms with Crippen LogP contribution >= 0.6 is 0 Å². The van der Waals surface area contributed by atoms with Gasteiger partial charge in [-0.3, -0.25) is 4.79 Å². The van der Waals surface area contributed by atoms with Gasteiger partial charge in [0.05, 0.1) is 6.10 Å². The molecule has 1 amide bonds. The normalized spacial score (nSPS) is 23.7.